The molecule has 2 aromatic carbocycles. The first-order valence-corrected chi connectivity index (χ1v) is 10.5. The summed E-state index contributed by atoms with van der Waals surface area (Å²) in [5.41, 5.74) is 3.98. The summed E-state index contributed by atoms with van der Waals surface area (Å²) in [5, 5.41) is 4.06. The predicted octanol–water partition coefficient (Wildman–Crippen LogP) is 3.38. The number of hydrazone groups is 1. The number of amides is 1. The maximum atomic E-state index is 14.4. The number of carbonyl (C=O) groups excluding carboxylic acids is 1. The summed E-state index contributed by atoms with van der Waals surface area (Å²) in [6.07, 6.45) is 3.69. The van der Waals surface area contributed by atoms with Gasteiger partial charge in [-0.05, 0) is 56.9 Å². The molecule has 0 saturated heterocycles. The number of para-hydroxylation sites is 1. The van der Waals surface area contributed by atoms with Crippen LogP contribution in [0, 0.1) is 12.7 Å². The first-order valence-electron chi connectivity index (χ1n) is 9.06. The summed E-state index contributed by atoms with van der Waals surface area (Å²) in [5.74, 6) is -1.36. The van der Waals surface area contributed by atoms with Crippen molar-refractivity contribution >= 4 is 27.3 Å². The fraction of sp³-hybridized carbons (Fsp3) is 0.300. The minimum absolute atomic E-state index is 0.0174. The average Bonchev–Trinajstić information content (AvgIpc) is 3.19. The van der Waals surface area contributed by atoms with E-state index in [1.54, 1.807) is 12.1 Å². The maximum Gasteiger partial charge on any atom is 0.264 e. The summed E-state index contributed by atoms with van der Waals surface area (Å²) in [4.78, 5) is 12.4. The number of aryl methyl sites for hydroxylation is 1. The molecule has 6 nitrogen and oxygen atoms in total. The summed E-state index contributed by atoms with van der Waals surface area (Å²) < 4.78 is 41.4. The molecule has 1 N–H and O–H groups in total. The number of benzene rings is 2. The Morgan fingerprint density at radius 3 is 2.39 bits per heavy atom. The van der Waals surface area contributed by atoms with E-state index in [4.69, 9.17) is 0 Å². The van der Waals surface area contributed by atoms with Crippen molar-refractivity contribution < 1.29 is 17.6 Å². The van der Waals surface area contributed by atoms with Crippen LogP contribution in [0.2, 0.25) is 0 Å². The summed E-state index contributed by atoms with van der Waals surface area (Å²) >= 11 is 0. The van der Waals surface area contributed by atoms with Crippen LogP contribution in [-0.4, -0.2) is 26.6 Å². The Balaban J connectivity index is 1.91. The lowest BCUT2D eigenvalue weighted by atomic mass is 10.2. The van der Waals surface area contributed by atoms with Crippen LogP contribution in [0.5, 0.6) is 0 Å². The highest BCUT2D eigenvalue weighted by Gasteiger charge is 2.29. The number of hydrogen-bond donors (Lipinski definition) is 1. The monoisotopic (exact) mass is 403 g/mol. The van der Waals surface area contributed by atoms with E-state index in [1.165, 1.54) is 30.3 Å². The number of rotatable bonds is 6. The van der Waals surface area contributed by atoms with Crippen LogP contribution in [0.3, 0.4) is 0 Å². The fourth-order valence-corrected chi connectivity index (χ4v) is 4.42. The molecule has 0 aromatic heterocycles. The first-order chi connectivity index (χ1) is 13.4. The van der Waals surface area contributed by atoms with Crippen molar-refractivity contribution in [2.24, 2.45) is 5.10 Å². The van der Waals surface area contributed by atoms with Crippen LogP contribution in [0.25, 0.3) is 0 Å². The Bertz CT molecular complexity index is 980. The number of anilines is 1. The van der Waals surface area contributed by atoms with Crippen LogP contribution in [0.15, 0.2) is 58.5 Å². The zero-order chi connectivity index (χ0) is 20.1. The Morgan fingerprint density at radius 2 is 1.75 bits per heavy atom. The molecule has 3 rings (SSSR count). The van der Waals surface area contributed by atoms with E-state index in [9.17, 15) is 17.6 Å². The van der Waals surface area contributed by atoms with Crippen molar-refractivity contribution in [3.05, 3.63) is 59.9 Å². The summed E-state index contributed by atoms with van der Waals surface area (Å²) in [7, 11) is -4.14. The van der Waals surface area contributed by atoms with Crippen LogP contribution >= 0.6 is 0 Å². The molecular weight excluding hydrogens is 381 g/mol. The highest BCUT2D eigenvalue weighted by Crippen LogP contribution is 2.26. The smallest absolute Gasteiger partial charge is 0.264 e. The number of nitrogens with zero attached hydrogens (tertiary/aromatic N) is 2. The highest BCUT2D eigenvalue weighted by molar-refractivity contribution is 7.92. The van der Waals surface area contributed by atoms with Crippen LogP contribution in [0.1, 0.15) is 31.2 Å². The van der Waals surface area contributed by atoms with Gasteiger partial charge in [-0.3, -0.25) is 9.10 Å². The minimum Gasteiger partial charge on any atom is -0.271 e. The van der Waals surface area contributed by atoms with Crippen molar-refractivity contribution in [2.75, 3.05) is 10.8 Å². The Hall–Kier alpha value is -2.74. The molecule has 0 radical (unpaired) electrons. The highest BCUT2D eigenvalue weighted by atomic mass is 32.2. The molecule has 0 bridgehead atoms. The fourth-order valence-electron chi connectivity index (χ4n) is 2.99. The first kappa shape index (κ1) is 20.0. The molecule has 1 aliphatic carbocycles. The molecule has 0 heterocycles. The third-order valence-corrected chi connectivity index (χ3v) is 6.31. The lowest BCUT2D eigenvalue weighted by molar-refractivity contribution is -0.119. The maximum absolute atomic E-state index is 14.4. The second-order valence-electron chi connectivity index (χ2n) is 6.70. The molecule has 0 spiro atoms. The number of carbonyl (C=O) groups is 1. The second kappa shape index (κ2) is 8.52. The summed E-state index contributed by atoms with van der Waals surface area (Å²) in [6.45, 7) is 1.26. The van der Waals surface area contributed by atoms with Crippen LogP contribution in [-0.2, 0) is 14.8 Å². The SMILES string of the molecule is Cc1ccc(S(=O)(=O)N(CC(=O)NN=C2CCCC2)c2ccccc2F)cc1. The molecular formula is C20H22FN3O3S. The third kappa shape index (κ3) is 4.56. The van der Waals surface area contributed by atoms with E-state index in [0.29, 0.717) is 0 Å². The minimum atomic E-state index is -4.14. The van der Waals surface area contributed by atoms with E-state index in [-0.39, 0.29) is 10.6 Å². The van der Waals surface area contributed by atoms with E-state index in [0.717, 1.165) is 47.3 Å². The number of nitrogens with one attached hydrogen (secondary N) is 1. The van der Waals surface area contributed by atoms with Gasteiger partial charge in [-0.25, -0.2) is 18.2 Å². The molecule has 0 atom stereocenters. The molecule has 28 heavy (non-hydrogen) atoms. The molecule has 2 aromatic rings. The molecule has 8 heteroatoms. The zero-order valence-electron chi connectivity index (χ0n) is 15.6. The Labute approximate surface area is 164 Å². The van der Waals surface area contributed by atoms with Gasteiger partial charge in [-0.15, -0.1) is 0 Å². The van der Waals surface area contributed by atoms with Gasteiger partial charge < -0.3 is 0 Å². The Morgan fingerprint density at radius 1 is 1.11 bits per heavy atom. The topological polar surface area (TPSA) is 78.8 Å². The quantitative estimate of drug-likeness (QED) is 0.751. The van der Waals surface area contributed by atoms with Gasteiger partial charge in [0.05, 0.1) is 10.6 Å². The largest absolute Gasteiger partial charge is 0.271 e. The van der Waals surface area contributed by atoms with Crippen molar-refractivity contribution in [3.8, 4) is 0 Å². The lowest BCUT2D eigenvalue weighted by Crippen LogP contribution is -2.40. The van der Waals surface area contributed by atoms with Crippen LogP contribution < -0.4 is 9.73 Å². The molecule has 148 valence electrons. The normalized spacial score (nSPS) is 14.0. The van der Waals surface area contributed by atoms with Gasteiger partial charge in [0, 0.05) is 5.71 Å². The lowest BCUT2D eigenvalue weighted by Gasteiger charge is -2.24. The van der Waals surface area contributed by atoms with E-state index in [2.05, 4.69) is 10.5 Å². The van der Waals surface area contributed by atoms with Crippen molar-refractivity contribution in [3.63, 3.8) is 0 Å². The molecule has 0 aliphatic heterocycles. The van der Waals surface area contributed by atoms with Gasteiger partial charge in [-0.2, -0.15) is 5.10 Å². The molecule has 1 aliphatic rings. The number of hydrogen-bond acceptors (Lipinski definition) is 4. The van der Waals surface area contributed by atoms with Crippen molar-refractivity contribution in [1.29, 1.82) is 0 Å². The van der Waals surface area contributed by atoms with Crippen molar-refractivity contribution in [1.82, 2.24) is 5.43 Å². The van der Waals surface area contributed by atoms with E-state index in [1.807, 2.05) is 6.92 Å². The van der Waals surface area contributed by atoms with Gasteiger partial charge in [0.25, 0.3) is 15.9 Å². The third-order valence-electron chi connectivity index (χ3n) is 4.54. The van der Waals surface area contributed by atoms with Gasteiger partial charge in [0.1, 0.15) is 12.4 Å². The van der Waals surface area contributed by atoms with Crippen molar-refractivity contribution in [2.45, 2.75) is 37.5 Å². The average molecular weight is 403 g/mol. The zero-order valence-corrected chi connectivity index (χ0v) is 16.4. The molecule has 1 fully saturated rings. The predicted molar refractivity (Wildman–Crippen MR) is 106 cm³/mol. The van der Waals surface area contributed by atoms with Crippen LogP contribution in [0.4, 0.5) is 10.1 Å². The second-order valence-corrected chi connectivity index (χ2v) is 8.56. The number of sulfonamides is 1. The molecule has 0 unspecified atom stereocenters. The van der Waals surface area contributed by atoms with Gasteiger partial charge in [0.15, 0.2) is 0 Å². The van der Waals surface area contributed by atoms with Gasteiger partial charge in [0.2, 0.25) is 0 Å². The van der Waals surface area contributed by atoms with Gasteiger partial charge >= 0.3 is 0 Å². The Kier molecular flexibility index (Phi) is 6.08. The molecule has 1 saturated carbocycles. The van der Waals surface area contributed by atoms with E-state index < -0.39 is 28.3 Å². The standard InChI is InChI=1S/C20H22FN3O3S/c1-15-10-12-17(13-11-15)28(26,27)24(19-9-5-4-8-18(19)21)14-20(25)23-22-16-6-2-3-7-16/h4-5,8-13H,2-3,6-7,14H2,1H3,(H,23,25). The van der Waals surface area contributed by atoms with Gasteiger partial charge in [-0.1, -0.05) is 29.8 Å². The summed E-state index contributed by atoms with van der Waals surface area (Å²) in [6, 6.07) is 11.6. The molecule has 1 amide bonds. The van der Waals surface area contributed by atoms with E-state index >= 15 is 0 Å². The number of halogens is 1.